The third kappa shape index (κ3) is 4.30. The van der Waals surface area contributed by atoms with Gasteiger partial charge >= 0.3 is 7.60 Å². The maximum Gasteiger partial charge on any atom is 0.369 e. The summed E-state index contributed by atoms with van der Waals surface area (Å²) < 4.78 is 47.1. The Morgan fingerprint density at radius 3 is 2.63 bits per heavy atom. The van der Waals surface area contributed by atoms with Gasteiger partial charge in [-0.1, -0.05) is 6.92 Å². The molecule has 1 aliphatic heterocycles. The fourth-order valence-electron chi connectivity index (χ4n) is 2.92. The second-order valence-corrected chi connectivity index (χ2v) is 11.1. The minimum Gasteiger partial charge on any atom is -0.387 e. The van der Waals surface area contributed by atoms with Crippen LogP contribution in [0.25, 0.3) is 11.2 Å². The summed E-state index contributed by atoms with van der Waals surface area (Å²) in [5.41, 5.74) is 5.99. The van der Waals surface area contributed by atoms with E-state index in [1.165, 1.54) is 17.8 Å². The van der Waals surface area contributed by atoms with E-state index in [1.807, 2.05) is 0 Å². The molecular weight excluding hydrogens is 469 g/mol. The smallest absolute Gasteiger partial charge is 0.369 e. The summed E-state index contributed by atoms with van der Waals surface area (Å²) in [7, 11) is -9.46. The van der Waals surface area contributed by atoms with Crippen molar-refractivity contribution in [2.75, 3.05) is 18.1 Å². The summed E-state index contributed by atoms with van der Waals surface area (Å²) in [5, 5.41) is 18.0. The SMILES string of the molecule is CCS(=O)(=O)C(OC[C@H]1O[C@@H](n2cnc3c(N)nc(Cl)nc32)[C@H](O)[C@@H]1O)P(=O)(O)O. The molecule has 0 spiro atoms. The summed E-state index contributed by atoms with van der Waals surface area (Å²) in [5.74, 6) is -0.601. The molecule has 0 aliphatic carbocycles. The number of halogens is 1. The average molecular weight is 488 g/mol. The Hall–Kier alpha value is -1.42. The largest absolute Gasteiger partial charge is 0.387 e. The predicted molar refractivity (Wildman–Crippen MR) is 102 cm³/mol. The van der Waals surface area contributed by atoms with Crippen molar-refractivity contribution in [2.45, 2.75) is 36.6 Å². The first kappa shape index (κ1) is 23.2. The van der Waals surface area contributed by atoms with Gasteiger partial charge in [-0.05, 0) is 11.6 Å². The Labute approximate surface area is 174 Å². The number of aromatic nitrogens is 4. The molecular formula is C13H19ClN5O9PS. The summed E-state index contributed by atoms with van der Waals surface area (Å²) in [6, 6.07) is 0. The fourth-order valence-corrected chi connectivity index (χ4v) is 6.07. The average Bonchev–Trinajstić information content (AvgIpc) is 3.16. The van der Waals surface area contributed by atoms with Crippen LogP contribution in [0.5, 0.6) is 0 Å². The summed E-state index contributed by atoms with van der Waals surface area (Å²) >= 11 is 5.79. The third-order valence-corrected chi connectivity index (χ3v) is 8.63. The van der Waals surface area contributed by atoms with Crippen LogP contribution in [0.4, 0.5) is 5.82 Å². The number of nitrogens with two attached hydrogens (primary N) is 1. The molecule has 30 heavy (non-hydrogen) atoms. The van der Waals surface area contributed by atoms with Crippen molar-refractivity contribution in [3.8, 4) is 0 Å². The van der Waals surface area contributed by atoms with Gasteiger partial charge in [-0.25, -0.2) is 13.4 Å². The van der Waals surface area contributed by atoms with E-state index in [1.54, 1.807) is 0 Å². The molecule has 1 saturated heterocycles. The lowest BCUT2D eigenvalue weighted by Gasteiger charge is -2.21. The molecule has 1 unspecified atom stereocenters. The quantitative estimate of drug-likeness (QED) is 0.224. The lowest BCUT2D eigenvalue weighted by atomic mass is 10.1. The number of aliphatic hydroxyl groups excluding tert-OH is 2. The van der Waals surface area contributed by atoms with Crippen LogP contribution in [0.15, 0.2) is 6.33 Å². The molecule has 168 valence electrons. The van der Waals surface area contributed by atoms with Crippen molar-refractivity contribution in [1.29, 1.82) is 0 Å². The first-order chi connectivity index (χ1) is 13.9. The Kier molecular flexibility index (Phi) is 6.40. The normalized spacial score (nSPS) is 26.3. The Morgan fingerprint density at radius 2 is 2.03 bits per heavy atom. The molecule has 1 fully saturated rings. The predicted octanol–water partition coefficient (Wildman–Crippen LogP) is -1.41. The maximum absolute atomic E-state index is 11.9. The highest BCUT2D eigenvalue weighted by molar-refractivity contribution is 7.98. The summed E-state index contributed by atoms with van der Waals surface area (Å²) in [4.78, 5) is 30.3. The molecule has 0 radical (unpaired) electrons. The monoisotopic (exact) mass is 487 g/mol. The van der Waals surface area contributed by atoms with E-state index < -0.39 is 59.5 Å². The number of rotatable bonds is 7. The zero-order valence-electron chi connectivity index (χ0n) is 15.3. The number of hydrogen-bond acceptors (Lipinski definition) is 11. The van der Waals surface area contributed by atoms with Gasteiger partial charge in [0.05, 0.1) is 18.7 Å². The number of nitrogen functional groups attached to an aromatic ring is 1. The molecule has 6 N–H and O–H groups in total. The standard InChI is InChI=1S/C13H19ClN5O9PS/c1-2-30(25,26)13(29(22,23)24)27-3-5-7(20)8(21)11(28-5)19-4-16-6-9(15)17-12(14)18-10(6)19/h4-5,7-8,11,13,20-21H,2-3H2,1H3,(H2,15,17,18)(H2,22,23,24)/t5-,7-,8-,11-,13?/m1/s1. The van der Waals surface area contributed by atoms with Gasteiger partial charge < -0.3 is 35.2 Å². The van der Waals surface area contributed by atoms with Crippen molar-refractivity contribution < 1.29 is 42.5 Å². The van der Waals surface area contributed by atoms with Crippen LogP contribution in [0.2, 0.25) is 5.28 Å². The lowest BCUT2D eigenvalue weighted by molar-refractivity contribution is -0.0648. The number of imidazole rings is 1. The second kappa shape index (κ2) is 8.26. The molecule has 0 saturated carbocycles. The molecule has 17 heteroatoms. The third-order valence-electron chi connectivity index (χ3n) is 4.42. The number of ether oxygens (including phenoxy) is 2. The minimum absolute atomic E-state index is 0.0223. The van der Waals surface area contributed by atoms with Gasteiger partial charge in [0.1, 0.15) is 23.8 Å². The Morgan fingerprint density at radius 1 is 1.37 bits per heavy atom. The minimum atomic E-state index is -5.18. The number of aliphatic hydroxyl groups is 2. The molecule has 3 heterocycles. The van der Waals surface area contributed by atoms with E-state index in [0.29, 0.717) is 0 Å². The van der Waals surface area contributed by atoms with E-state index in [-0.39, 0.29) is 22.3 Å². The topological polar surface area (TPSA) is 220 Å². The van der Waals surface area contributed by atoms with Gasteiger partial charge in [0.15, 0.2) is 27.5 Å². The van der Waals surface area contributed by atoms with Gasteiger partial charge in [0, 0.05) is 0 Å². The molecule has 2 aromatic heterocycles. The van der Waals surface area contributed by atoms with Crippen molar-refractivity contribution in [3.63, 3.8) is 0 Å². The van der Waals surface area contributed by atoms with Crippen molar-refractivity contribution in [2.24, 2.45) is 0 Å². The van der Waals surface area contributed by atoms with E-state index in [9.17, 15) is 33.0 Å². The van der Waals surface area contributed by atoms with Gasteiger partial charge in [-0.2, -0.15) is 9.97 Å². The van der Waals surface area contributed by atoms with Crippen LogP contribution in [0.3, 0.4) is 0 Å². The zero-order chi connectivity index (χ0) is 22.4. The van der Waals surface area contributed by atoms with Crippen LogP contribution >= 0.6 is 19.2 Å². The molecule has 0 aromatic carbocycles. The number of fused-ring (bicyclic) bond motifs is 1. The summed E-state index contributed by atoms with van der Waals surface area (Å²) in [6.45, 7) is 0.471. The molecule has 0 amide bonds. The molecule has 5 atom stereocenters. The highest BCUT2D eigenvalue weighted by Gasteiger charge is 2.47. The van der Waals surface area contributed by atoms with E-state index in [4.69, 9.17) is 26.8 Å². The van der Waals surface area contributed by atoms with Crippen LogP contribution < -0.4 is 5.73 Å². The first-order valence-corrected chi connectivity index (χ1v) is 12.2. The number of sulfone groups is 1. The summed E-state index contributed by atoms with van der Waals surface area (Å²) in [6.07, 6.45) is -4.47. The molecule has 3 rings (SSSR count). The van der Waals surface area contributed by atoms with Gasteiger partial charge in [-0.3, -0.25) is 9.13 Å². The number of anilines is 1. The van der Waals surface area contributed by atoms with E-state index in [0.717, 1.165) is 0 Å². The van der Waals surface area contributed by atoms with Crippen LogP contribution in [-0.2, 0) is 23.9 Å². The van der Waals surface area contributed by atoms with Gasteiger partial charge in [0.25, 0.3) is 5.18 Å². The van der Waals surface area contributed by atoms with Crippen molar-refractivity contribution in [3.05, 3.63) is 11.6 Å². The molecule has 0 bridgehead atoms. The van der Waals surface area contributed by atoms with Crippen molar-refractivity contribution in [1.82, 2.24) is 19.5 Å². The molecule has 14 nitrogen and oxygen atoms in total. The highest BCUT2D eigenvalue weighted by Crippen LogP contribution is 2.45. The second-order valence-electron chi connectivity index (χ2n) is 6.43. The van der Waals surface area contributed by atoms with Gasteiger partial charge in [-0.15, -0.1) is 0 Å². The number of nitrogens with zero attached hydrogens (tertiary/aromatic N) is 4. The van der Waals surface area contributed by atoms with E-state index in [2.05, 4.69) is 15.0 Å². The van der Waals surface area contributed by atoms with Crippen LogP contribution in [0.1, 0.15) is 13.2 Å². The van der Waals surface area contributed by atoms with Crippen LogP contribution in [-0.4, -0.2) is 83.8 Å². The Balaban J connectivity index is 1.83. The van der Waals surface area contributed by atoms with Gasteiger partial charge in [0.2, 0.25) is 5.28 Å². The van der Waals surface area contributed by atoms with Crippen molar-refractivity contribution >= 4 is 46.0 Å². The molecule has 2 aromatic rings. The first-order valence-electron chi connectivity index (χ1n) is 8.42. The number of hydrogen-bond donors (Lipinski definition) is 5. The zero-order valence-corrected chi connectivity index (χ0v) is 17.8. The maximum atomic E-state index is 11.9. The molecule has 1 aliphatic rings. The lowest BCUT2D eigenvalue weighted by Crippen LogP contribution is -2.36. The van der Waals surface area contributed by atoms with Crippen LogP contribution in [0, 0.1) is 0 Å². The fraction of sp³-hybridized carbons (Fsp3) is 0.615. The Bertz CT molecular complexity index is 1090. The van der Waals surface area contributed by atoms with E-state index >= 15 is 0 Å². The highest BCUT2D eigenvalue weighted by atomic mass is 35.5.